The monoisotopic (exact) mass is 289 g/mol. The van der Waals surface area contributed by atoms with E-state index in [4.69, 9.17) is 5.11 Å². The molecular formula is C12H14F3N3O2. The summed E-state index contributed by atoms with van der Waals surface area (Å²) in [7, 11) is 0. The number of hydrogen-bond acceptors (Lipinski definition) is 3. The molecule has 2 heterocycles. The standard InChI is InChI=1S/C12H14F3N3O2/c1-11(2-3-11)7-5-8(12(13,14)15)18-9(16-7)4-6(17-18)10(19)20/h4,7-8,16H,2-3,5H2,1H3,(H,19,20)/t7-,8-/m1/s1. The molecule has 1 saturated carbocycles. The Balaban J connectivity index is 2.01. The van der Waals surface area contributed by atoms with Gasteiger partial charge in [0.1, 0.15) is 5.82 Å². The van der Waals surface area contributed by atoms with Crippen molar-refractivity contribution in [3.63, 3.8) is 0 Å². The molecule has 0 aromatic carbocycles. The van der Waals surface area contributed by atoms with Crippen LogP contribution in [0.15, 0.2) is 6.07 Å². The molecule has 1 fully saturated rings. The van der Waals surface area contributed by atoms with Crippen molar-refractivity contribution in [2.24, 2.45) is 5.41 Å². The minimum absolute atomic E-state index is 0.117. The van der Waals surface area contributed by atoms with Crippen LogP contribution in [0, 0.1) is 5.41 Å². The van der Waals surface area contributed by atoms with Crippen molar-refractivity contribution in [2.75, 3.05) is 5.32 Å². The zero-order valence-electron chi connectivity index (χ0n) is 10.7. The number of fused-ring (bicyclic) bond motifs is 1. The first-order valence-electron chi connectivity index (χ1n) is 6.37. The van der Waals surface area contributed by atoms with Crippen molar-refractivity contribution in [1.82, 2.24) is 9.78 Å². The topological polar surface area (TPSA) is 67.2 Å². The number of nitrogens with one attached hydrogen (secondary N) is 1. The Bertz CT molecular complexity index is 563. The van der Waals surface area contributed by atoms with Gasteiger partial charge in [-0.2, -0.15) is 18.3 Å². The summed E-state index contributed by atoms with van der Waals surface area (Å²) in [5, 5.41) is 15.5. The highest BCUT2D eigenvalue weighted by molar-refractivity contribution is 5.86. The maximum absolute atomic E-state index is 13.2. The average Bonchev–Trinajstić information content (AvgIpc) is 2.93. The number of rotatable bonds is 2. The van der Waals surface area contributed by atoms with Gasteiger partial charge in [-0.15, -0.1) is 0 Å². The highest BCUT2D eigenvalue weighted by Gasteiger charge is 2.53. The fraction of sp³-hybridized carbons (Fsp3) is 0.667. The number of nitrogens with zero attached hydrogens (tertiary/aromatic N) is 2. The molecule has 0 saturated heterocycles. The Morgan fingerprint density at radius 2 is 2.20 bits per heavy atom. The molecule has 2 N–H and O–H groups in total. The number of halogens is 3. The van der Waals surface area contributed by atoms with Crippen LogP contribution in [0.2, 0.25) is 0 Å². The first kappa shape index (κ1) is 13.3. The minimum atomic E-state index is -4.44. The molecule has 1 aliphatic carbocycles. The summed E-state index contributed by atoms with van der Waals surface area (Å²) in [5.74, 6) is -1.20. The number of alkyl halides is 3. The average molecular weight is 289 g/mol. The Morgan fingerprint density at radius 1 is 1.55 bits per heavy atom. The molecule has 0 unspecified atom stereocenters. The number of aromatic carboxylic acids is 1. The quantitative estimate of drug-likeness (QED) is 0.878. The van der Waals surface area contributed by atoms with E-state index in [-0.39, 0.29) is 29.4 Å². The molecule has 110 valence electrons. The summed E-state index contributed by atoms with van der Waals surface area (Å²) in [5.41, 5.74) is -0.508. The van der Waals surface area contributed by atoms with Gasteiger partial charge >= 0.3 is 12.1 Å². The smallest absolute Gasteiger partial charge is 0.410 e. The molecule has 2 atom stereocenters. The zero-order valence-corrected chi connectivity index (χ0v) is 10.7. The molecule has 0 spiro atoms. The summed E-state index contributed by atoms with van der Waals surface area (Å²) >= 11 is 0. The maximum Gasteiger partial charge on any atom is 0.410 e. The van der Waals surface area contributed by atoms with E-state index < -0.39 is 18.2 Å². The fourth-order valence-corrected chi connectivity index (χ4v) is 2.68. The third-order valence-electron chi connectivity index (χ3n) is 4.29. The molecule has 3 rings (SSSR count). The predicted molar refractivity (Wildman–Crippen MR) is 63.6 cm³/mol. The van der Waals surface area contributed by atoms with Crippen LogP contribution in [-0.4, -0.2) is 33.1 Å². The van der Waals surface area contributed by atoms with Crippen LogP contribution in [0.5, 0.6) is 0 Å². The van der Waals surface area contributed by atoms with Crippen LogP contribution in [0.25, 0.3) is 0 Å². The zero-order chi connectivity index (χ0) is 14.7. The summed E-state index contributed by atoms with van der Waals surface area (Å²) < 4.78 is 40.3. The largest absolute Gasteiger partial charge is 0.476 e. The number of carboxylic acid groups (broad SMARTS) is 1. The van der Waals surface area contributed by atoms with Crippen LogP contribution in [-0.2, 0) is 0 Å². The van der Waals surface area contributed by atoms with Crippen LogP contribution >= 0.6 is 0 Å². The number of carboxylic acids is 1. The number of anilines is 1. The Hall–Kier alpha value is -1.73. The summed E-state index contributed by atoms with van der Waals surface area (Å²) in [6, 6.07) is -0.909. The number of carbonyl (C=O) groups is 1. The van der Waals surface area contributed by atoms with Gasteiger partial charge in [-0.3, -0.25) is 0 Å². The van der Waals surface area contributed by atoms with Crippen LogP contribution in [0.1, 0.15) is 42.7 Å². The molecule has 8 heteroatoms. The third-order valence-corrected chi connectivity index (χ3v) is 4.29. The van der Waals surface area contributed by atoms with Gasteiger partial charge in [0.05, 0.1) is 0 Å². The van der Waals surface area contributed by atoms with Crippen molar-refractivity contribution in [1.29, 1.82) is 0 Å². The van der Waals surface area contributed by atoms with E-state index in [1.54, 1.807) is 0 Å². The van der Waals surface area contributed by atoms with Gasteiger partial charge in [-0.1, -0.05) is 6.92 Å². The molecule has 0 amide bonds. The second kappa shape index (κ2) is 3.89. The van der Waals surface area contributed by atoms with Gasteiger partial charge in [-0.25, -0.2) is 9.48 Å². The SMILES string of the molecule is CC1([C@H]2C[C@H](C(F)(F)F)n3nc(C(=O)O)cc3N2)CC1. The highest BCUT2D eigenvalue weighted by Crippen LogP contribution is 2.54. The lowest BCUT2D eigenvalue weighted by molar-refractivity contribution is -0.174. The summed E-state index contributed by atoms with van der Waals surface area (Å²) in [4.78, 5) is 10.9. The van der Waals surface area contributed by atoms with Crippen molar-refractivity contribution in [2.45, 2.75) is 44.4 Å². The Morgan fingerprint density at radius 3 is 2.70 bits per heavy atom. The summed E-state index contributed by atoms with van der Waals surface area (Å²) in [6.45, 7) is 1.95. The molecule has 2 aliphatic rings. The van der Waals surface area contributed by atoms with Gasteiger partial charge in [0, 0.05) is 12.1 Å². The lowest BCUT2D eigenvalue weighted by atomic mass is 9.90. The molecule has 20 heavy (non-hydrogen) atoms. The minimum Gasteiger partial charge on any atom is -0.476 e. The maximum atomic E-state index is 13.2. The second-order valence-electron chi connectivity index (χ2n) is 5.81. The predicted octanol–water partition coefficient (Wildman–Crippen LogP) is 2.67. The van der Waals surface area contributed by atoms with Gasteiger partial charge in [-0.05, 0) is 24.7 Å². The molecule has 0 bridgehead atoms. The van der Waals surface area contributed by atoms with Crippen molar-refractivity contribution >= 4 is 11.8 Å². The van der Waals surface area contributed by atoms with Gasteiger partial charge in [0.25, 0.3) is 0 Å². The van der Waals surface area contributed by atoms with Crippen LogP contribution in [0.4, 0.5) is 19.0 Å². The van der Waals surface area contributed by atoms with Gasteiger partial charge in [0.15, 0.2) is 11.7 Å². The van der Waals surface area contributed by atoms with Crippen LogP contribution < -0.4 is 5.32 Å². The Kier molecular flexibility index (Phi) is 2.58. The second-order valence-corrected chi connectivity index (χ2v) is 5.81. The normalized spacial score (nSPS) is 27.6. The van der Waals surface area contributed by atoms with E-state index in [1.165, 1.54) is 6.07 Å². The molecule has 1 aromatic rings. The fourth-order valence-electron chi connectivity index (χ4n) is 2.68. The lowest BCUT2D eigenvalue weighted by Gasteiger charge is -2.36. The highest BCUT2D eigenvalue weighted by atomic mass is 19.4. The first-order chi connectivity index (χ1) is 9.21. The van der Waals surface area contributed by atoms with E-state index >= 15 is 0 Å². The lowest BCUT2D eigenvalue weighted by Crippen LogP contribution is -2.42. The Labute approximate surface area is 112 Å². The van der Waals surface area contributed by atoms with Crippen molar-refractivity contribution < 1.29 is 23.1 Å². The molecule has 1 aromatic heterocycles. The number of hydrogen-bond donors (Lipinski definition) is 2. The van der Waals surface area contributed by atoms with Crippen molar-refractivity contribution in [3.8, 4) is 0 Å². The van der Waals surface area contributed by atoms with Crippen molar-refractivity contribution in [3.05, 3.63) is 11.8 Å². The van der Waals surface area contributed by atoms with E-state index in [2.05, 4.69) is 10.4 Å². The molecule has 1 aliphatic heterocycles. The van der Waals surface area contributed by atoms with E-state index in [0.717, 1.165) is 17.5 Å². The molecule has 0 radical (unpaired) electrons. The van der Waals surface area contributed by atoms with E-state index in [1.807, 2.05) is 6.92 Å². The third kappa shape index (κ3) is 2.03. The van der Waals surface area contributed by atoms with Gasteiger partial charge in [0.2, 0.25) is 0 Å². The number of aromatic nitrogens is 2. The summed E-state index contributed by atoms with van der Waals surface area (Å²) in [6.07, 6.45) is -2.79. The van der Waals surface area contributed by atoms with E-state index in [9.17, 15) is 18.0 Å². The molecular weight excluding hydrogens is 275 g/mol. The van der Waals surface area contributed by atoms with Gasteiger partial charge < -0.3 is 10.4 Å². The first-order valence-corrected chi connectivity index (χ1v) is 6.37. The molecule has 5 nitrogen and oxygen atoms in total. The van der Waals surface area contributed by atoms with E-state index in [0.29, 0.717) is 0 Å². The van der Waals surface area contributed by atoms with Crippen LogP contribution in [0.3, 0.4) is 0 Å².